The summed E-state index contributed by atoms with van der Waals surface area (Å²) in [4.78, 5) is 23.4. The van der Waals surface area contributed by atoms with Crippen LogP contribution in [0.15, 0.2) is 0 Å². The van der Waals surface area contributed by atoms with Gasteiger partial charge in [-0.05, 0) is 0 Å². The Balaban J connectivity index is 2.67. The number of nitrogens with one attached hydrogen (secondary N) is 1. The van der Waals surface area contributed by atoms with Gasteiger partial charge in [0.1, 0.15) is 18.3 Å². The number of ether oxygens (including phenoxy) is 3. The van der Waals surface area contributed by atoms with Crippen LogP contribution in [0.2, 0.25) is 0 Å². The highest BCUT2D eigenvalue weighted by atomic mass is 32.2. The third kappa shape index (κ3) is 7.96. The summed E-state index contributed by atoms with van der Waals surface area (Å²) in [5.74, 6) is -4.69. The molecule has 1 aliphatic heterocycles. The summed E-state index contributed by atoms with van der Waals surface area (Å²) in [6.07, 6.45) is -7.68. The third-order valence-corrected chi connectivity index (χ3v) is 5.12. The third-order valence-electron chi connectivity index (χ3n) is 4.20. The van der Waals surface area contributed by atoms with E-state index in [1.807, 2.05) is 0 Å². The topological polar surface area (TPSA) is 195 Å². The number of carboxylic acid groups (broad SMARTS) is 1. The average molecular weight is 443 g/mol. The van der Waals surface area contributed by atoms with Gasteiger partial charge < -0.3 is 50.2 Å². The van der Waals surface area contributed by atoms with Gasteiger partial charge in [-0.1, -0.05) is 0 Å². The first kappa shape index (κ1) is 26.0. The molecule has 0 radical (unpaired) electrons. The molecule has 0 aromatic heterocycles. The molecule has 0 aromatic carbocycles. The number of rotatable bonds is 13. The Morgan fingerprint density at radius 2 is 2.00 bits per heavy atom. The van der Waals surface area contributed by atoms with Crippen LogP contribution in [-0.4, -0.2) is 124 Å². The SMILES string of the molecule is COCCOCCSCC(=O)N[C@@H]1C(O)C[C@@](O)(C(=O)O)OC1[C@H](O)[C@H](O)CO. The molecular weight excluding hydrogens is 414 g/mol. The van der Waals surface area contributed by atoms with E-state index in [9.17, 15) is 30.0 Å². The second kappa shape index (κ2) is 12.6. The van der Waals surface area contributed by atoms with E-state index in [0.717, 1.165) is 0 Å². The van der Waals surface area contributed by atoms with E-state index < -0.39 is 61.1 Å². The van der Waals surface area contributed by atoms with E-state index in [1.165, 1.54) is 11.8 Å². The molecule has 0 saturated carbocycles. The molecule has 0 aromatic rings. The minimum Gasteiger partial charge on any atom is -0.477 e. The van der Waals surface area contributed by atoms with E-state index >= 15 is 0 Å². The molecule has 1 rings (SSSR count). The van der Waals surface area contributed by atoms with E-state index in [2.05, 4.69) is 5.32 Å². The molecule has 1 fully saturated rings. The summed E-state index contributed by atoms with van der Waals surface area (Å²) in [7, 11) is 1.55. The zero-order valence-electron chi connectivity index (χ0n) is 16.0. The summed E-state index contributed by atoms with van der Waals surface area (Å²) in [6.45, 7) is 0.388. The summed E-state index contributed by atoms with van der Waals surface area (Å²) < 4.78 is 15.1. The van der Waals surface area contributed by atoms with Crippen LogP contribution in [0.1, 0.15) is 6.42 Å². The predicted molar refractivity (Wildman–Crippen MR) is 99.1 cm³/mol. The molecule has 13 heteroatoms. The molecule has 1 saturated heterocycles. The average Bonchev–Trinajstić information content (AvgIpc) is 2.67. The number of aliphatic hydroxyl groups excluding tert-OH is 4. The smallest absolute Gasteiger partial charge is 0.364 e. The molecule has 0 spiro atoms. The minimum absolute atomic E-state index is 0.0224. The van der Waals surface area contributed by atoms with Crippen molar-refractivity contribution in [3.05, 3.63) is 0 Å². The number of hydrogen-bond donors (Lipinski definition) is 7. The van der Waals surface area contributed by atoms with Crippen LogP contribution in [0.3, 0.4) is 0 Å². The Morgan fingerprint density at radius 1 is 1.31 bits per heavy atom. The molecular formula is C16H29NO11S. The molecule has 6 atom stereocenters. The van der Waals surface area contributed by atoms with Gasteiger partial charge in [0.25, 0.3) is 5.79 Å². The minimum atomic E-state index is -2.82. The van der Waals surface area contributed by atoms with Gasteiger partial charge in [0, 0.05) is 19.3 Å². The van der Waals surface area contributed by atoms with Gasteiger partial charge in [0.15, 0.2) is 0 Å². The Labute approximate surface area is 171 Å². The van der Waals surface area contributed by atoms with Crippen LogP contribution >= 0.6 is 11.8 Å². The number of carbonyl (C=O) groups is 2. The number of thioether (sulfide) groups is 1. The lowest BCUT2D eigenvalue weighted by molar-refractivity contribution is -0.295. The molecule has 1 aliphatic rings. The Kier molecular flexibility index (Phi) is 11.3. The van der Waals surface area contributed by atoms with Crippen LogP contribution in [0.5, 0.6) is 0 Å². The lowest BCUT2D eigenvalue weighted by atomic mass is 9.88. The maximum absolute atomic E-state index is 12.2. The van der Waals surface area contributed by atoms with E-state index in [1.54, 1.807) is 7.11 Å². The van der Waals surface area contributed by atoms with Crippen LogP contribution in [-0.2, 0) is 23.8 Å². The highest BCUT2D eigenvalue weighted by Gasteiger charge is 2.53. The van der Waals surface area contributed by atoms with Crippen LogP contribution in [0.4, 0.5) is 0 Å². The zero-order chi connectivity index (χ0) is 22.0. The molecule has 2 unspecified atom stereocenters. The fourth-order valence-electron chi connectivity index (χ4n) is 2.66. The van der Waals surface area contributed by atoms with Crippen molar-refractivity contribution in [1.82, 2.24) is 5.32 Å². The molecule has 29 heavy (non-hydrogen) atoms. The molecule has 12 nitrogen and oxygen atoms in total. The maximum Gasteiger partial charge on any atom is 0.364 e. The predicted octanol–water partition coefficient (Wildman–Crippen LogP) is -3.50. The maximum atomic E-state index is 12.2. The van der Waals surface area contributed by atoms with Crippen molar-refractivity contribution >= 4 is 23.6 Å². The lowest BCUT2D eigenvalue weighted by Gasteiger charge is -2.44. The van der Waals surface area contributed by atoms with Crippen molar-refractivity contribution in [1.29, 1.82) is 0 Å². The van der Waals surface area contributed by atoms with E-state index in [4.69, 9.17) is 24.4 Å². The van der Waals surface area contributed by atoms with Gasteiger partial charge in [0.2, 0.25) is 5.91 Å². The quantitative estimate of drug-likeness (QED) is 0.139. The standard InChI is InChI=1S/C16H29NO11S/c1-26-2-3-27-4-5-29-8-11(21)17-12-9(19)6-16(25,15(23)24)28-14(12)13(22)10(20)7-18/h9-10,12-14,18-20,22,25H,2-8H2,1H3,(H,17,21)(H,23,24)/t9?,10-,12-,13-,14?,16+/m1/s1. The number of carboxylic acids is 1. The Bertz CT molecular complexity index is 525. The molecule has 170 valence electrons. The van der Waals surface area contributed by atoms with Gasteiger partial charge in [0.05, 0.1) is 44.3 Å². The van der Waals surface area contributed by atoms with Crippen LogP contribution in [0.25, 0.3) is 0 Å². The highest BCUT2D eigenvalue weighted by Crippen LogP contribution is 2.30. The number of aliphatic carboxylic acids is 1. The zero-order valence-corrected chi connectivity index (χ0v) is 16.8. The summed E-state index contributed by atoms with van der Waals surface area (Å²) in [6, 6.07) is -1.32. The normalized spacial score (nSPS) is 29.2. The van der Waals surface area contributed by atoms with Crippen molar-refractivity contribution in [2.75, 3.05) is 45.0 Å². The summed E-state index contributed by atoms with van der Waals surface area (Å²) in [5.41, 5.74) is 0. The van der Waals surface area contributed by atoms with Gasteiger partial charge in [-0.3, -0.25) is 4.79 Å². The fourth-order valence-corrected chi connectivity index (χ4v) is 3.30. The van der Waals surface area contributed by atoms with Crippen molar-refractivity contribution in [3.63, 3.8) is 0 Å². The second-order valence-electron chi connectivity index (χ2n) is 6.44. The first-order valence-electron chi connectivity index (χ1n) is 8.88. The van der Waals surface area contributed by atoms with Crippen LogP contribution < -0.4 is 5.32 Å². The van der Waals surface area contributed by atoms with Crippen molar-refractivity contribution in [2.24, 2.45) is 0 Å². The largest absolute Gasteiger partial charge is 0.477 e. The first-order valence-corrected chi connectivity index (χ1v) is 10.0. The molecule has 7 N–H and O–H groups in total. The van der Waals surface area contributed by atoms with Gasteiger partial charge >= 0.3 is 5.97 Å². The van der Waals surface area contributed by atoms with E-state index in [-0.39, 0.29) is 5.75 Å². The molecule has 1 heterocycles. The van der Waals surface area contributed by atoms with Crippen molar-refractivity contribution in [2.45, 2.75) is 42.7 Å². The number of amides is 1. The Morgan fingerprint density at radius 3 is 2.59 bits per heavy atom. The van der Waals surface area contributed by atoms with Gasteiger partial charge in [-0.15, -0.1) is 11.8 Å². The first-order chi connectivity index (χ1) is 13.7. The number of carbonyl (C=O) groups excluding carboxylic acids is 1. The monoisotopic (exact) mass is 443 g/mol. The van der Waals surface area contributed by atoms with Gasteiger partial charge in [-0.25, -0.2) is 4.79 Å². The number of aliphatic hydroxyl groups is 5. The Hall–Kier alpha value is -1.03. The molecule has 1 amide bonds. The summed E-state index contributed by atoms with van der Waals surface area (Å²) >= 11 is 1.24. The second-order valence-corrected chi connectivity index (χ2v) is 7.54. The van der Waals surface area contributed by atoms with Gasteiger partial charge in [-0.2, -0.15) is 0 Å². The highest BCUT2D eigenvalue weighted by molar-refractivity contribution is 7.99. The molecule has 0 bridgehead atoms. The van der Waals surface area contributed by atoms with Crippen LogP contribution in [0, 0.1) is 0 Å². The van der Waals surface area contributed by atoms with E-state index in [0.29, 0.717) is 25.6 Å². The fraction of sp³-hybridized carbons (Fsp3) is 0.875. The molecule has 0 aliphatic carbocycles. The summed E-state index contributed by atoms with van der Waals surface area (Å²) in [5, 5.41) is 60.6. The van der Waals surface area contributed by atoms with Crippen molar-refractivity contribution in [3.8, 4) is 0 Å². The number of hydrogen-bond acceptors (Lipinski definition) is 11. The number of methoxy groups -OCH3 is 1. The van der Waals surface area contributed by atoms with Crippen molar-refractivity contribution < 1.29 is 54.4 Å². The lowest BCUT2D eigenvalue weighted by Crippen LogP contribution is -2.67.